The molecule has 1 aliphatic rings. The first-order chi connectivity index (χ1) is 14.1. The summed E-state index contributed by atoms with van der Waals surface area (Å²) >= 11 is 0. The van der Waals surface area contributed by atoms with Crippen molar-refractivity contribution in [1.29, 1.82) is 0 Å². The van der Waals surface area contributed by atoms with E-state index in [9.17, 15) is 9.59 Å². The Kier molecular flexibility index (Phi) is 7.64. The lowest BCUT2D eigenvalue weighted by molar-refractivity contribution is -0.121. The van der Waals surface area contributed by atoms with Crippen LogP contribution >= 0.6 is 0 Å². The van der Waals surface area contributed by atoms with Gasteiger partial charge in [-0.3, -0.25) is 9.59 Å². The molecule has 1 heterocycles. The van der Waals surface area contributed by atoms with Crippen molar-refractivity contribution < 1.29 is 14.3 Å². The maximum atomic E-state index is 12.3. The van der Waals surface area contributed by atoms with Gasteiger partial charge >= 0.3 is 0 Å². The highest BCUT2D eigenvalue weighted by molar-refractivity contribution is 5.96. The number of hydrogen-bond acceptors (Lipinski definition) is 4. The Morgan fingerprint density at radius 2 is 1.72 bits per heavy atom. The van der Waals surface area contributed by atoms with Gasteiger partial charge in [-0.1, -0.05) is 42.5 Å². The number of ether oxygens (including phenoxy) is 1. The number of nitrogens with one attached hydrogen (secondary N) is 1. The van der Waals surface area contributed by atoms with E-state index in [1.54, 1.807) is 11.8 Å². The van der Waals surface area contributed by atoms with Gasteiger partial charge in [-0.15, -0.1) is 0 Å². The summed E-state index contributed by atoms with van der Waals surface area (Å²) in [5, 5.41) is 2.95. The van der Waals surface area contributed by atoms with Crippen molar-refractivity contribution in [2.75, 3.05) is 49.2 Å². The second-order valence-corrected chi connectivity index (χ2v) is 7.09. The summed E-state index contributed by atoms with van der Waals surface area (Å²) in [6.45, 7) is 5.44. The largest absolute Gasteiger partial charge is 0.378 e. The van der Waals surface area contributed by atoms with Gasteiger partial charge in [0.25, 0.3) is 0 Å². The Morgan fingerprint density at radius 3 is 2.45 bits per heavy atom. The fourth-order valence-corrected chi connectivity index (χ4v) is 3.50. The van der Waals surface area contributed by atoms with Crippen LogP contribution in [0.4, 0.5) is 11.4 Å². The molecule has 1 aliphatic heterocycles. The van der Waals surface area contributed by atoms with E-state index in [-0.39, 0.29) is 18.2 Å². The van der Waals surface area contributed by atoms with Gasteiger partial charge in [0.2, 0.25) is 11.8 Å². The van der Waals surface area contributed by atoms with E-state index >= 15 is 0 Å². The first kappa shape index (κ1) is 20.9. The summed E-state index contributed by atoms with van der Waals surface area (Å²) < 4.78 is 5.44. The van der Waals surface area contributed by atoms with Crippen molar-refractivity contribution in [2.24, 2.45) is 0 Å². The minimum absolute atomic E-state index is 0.0453. The third kappa shape index (κ3) is 6.06. The SMILES string of the molecule is CC(=O)N(CCC(=O)NCCc1ccccc1)c1ccccc1N1CCOCC1. The molecule has 6 nitrogen and oxygen atoms in total. The molecule has 0 spiro atoms. The fraction of sp³-hybridized carbons (Fsp3) is 0.391. The number of para-hydroxylation sites is 2. The summed E-state index contributed by atoms with van der Waals surface area (Å²) in [7, 11) is 0. The summed E-state index contributed by atoms with van der Waals surface area (Å²) in [6.07, 6.45) is 1.06. The topological polar surface area (TPSA) is 61.9 Å². The van der Waals surface area contributed by atoms with Gasteiger partial charge in [0, 0.05) is 39.5 Å². The van der Waals surface area contributed by atoms with E-state index in [0.29, 0.717) is 26.3 Å². The molecule has 29 heavy (non-hydrogen) atoms. The number of amides is 2. The Bertz CT molecular complexity index is 804. The first-order valence-corrected chi connectivity index (χ1v) is 10.2. The first-order valence-electron chi connectivity index (χ1n) is 10.2. The molecule has 0 bridgehead atoms. The van der Waals surface area contributed by atoms with Crippen molar-refractivity contribution in [3.63, 3.8) is 0 Å². The van der Waals surface area contributed by atoms with Crippen LogP contribution < -0.4 is 15.1 Å². The molecule has 3 rings (SSSR count). The molecule has 1 fully saturated rings. The van der Waals surface area contributed by atoms with Crippen molar-refractivity contribution >= 4 is 23.2 Å². The zero-order valence-electron chi connectivity index (χ0n) is 17.0. The van der Waals surface area contributed by atoms with Gasteiger partial charge in [-0.2, -0.15) is 0 Å². The average Bonchev–Trinajstić information content (AvgIpc) is 2.75. The molecule has 0 radical (unpaired) electrons. The highest BCUT2D eigenvalue weighted by atomic mass is 16.5. The van der Waals surface area contributed by atoms with Gasteiger partial charge in [0.1, 0.15) is 0 Å². The molecule has 0 atom stereocenters. The molecule has 2 amide bonds. The van der Waals surface area contributed by atoms with Crippen LogP contribution in [0.3, 0.4) is 0 Å². The van der Waals surface area contributed by atoms with Gasteiger partial charge in [0.15, 0.2) is 0 Å². The van der Waals surface area contributed by atoms with Crippen LogP contribution in [0.2, 0.25) is 0 Å². The van der Waals surface area contributed by atoms with Crippen LogP contribution in [0, 0.1) is 0 Å². The van der Waals surface area contributed by atoms with E-state index in [0.717, 1.165) is 30.9 Å². The van der Waals surface area contributed by atoms with Crippen molar-refractivity contribution in [1.82, 2.24) is 5.32 Å². The Balaban J connectivity index is 1.57. The lowest BCUT2D eigenvalue weighted by Crippen LogP contribution is -2.39. The predicted molar refractivity (Wildman–Crippen MR) is 115 cm³/mol. The minimum atomic E-state index is -0.0669. The highest BCUT2D eigenvalue weighted by Crippen LogP contribution is 2.30. The van der Waals surface area contributed by atoms with Gasteiger partial charge < -0.3 is 19.9 Å². The number of hydrogen-bond donors (Lipinski definition) is 1. The zero-order valence-corrected chi connectivity index (χ0v) is 17.0. The number of benzene rings is 2. The standard InChI is InChI=1S/C23H29N3O3/c1-19(27)26(14-12-23(28)24-13-11-20-7-3-2-4-8-20)22-10-6-5-9-21(22)25-15-17-29-18-16-25/h2-10H,11-18H2,1H3,(H,24,28). The lowest BCUT2D eigenvalue weighted by atomic mass is 10.1. The highest BCUT2D eigenvalue weighted by Gasteiger charge is 2.21. The normalized spacial score (nSPS) is 13.8. The second kappa shape index (κ2) is 10.6. The fourth-order valence-electron chi connectivity index (χ4n) is 3.50. The van der Waals surface area contributed by atoms with E-state index in [1.165, 1.54) is 5.56 Å². The van der Waals surface area contributed by atoms with Crippen LogP contribution in [0.5, 0.6) is 0 Å². The van der Waals surface area contributed by atoms with Crippen molar-refractivity contribution in [3.8, 4) is 0 Å². The number of nitrogens with zero attached hydrogens (tertiary/aromatic N) is 2. The predicted octanol–water partition coefficient (Wildman–Crippen LogP) is 2.63. The Labute approximate surface area is 172 Å². The van der Waals surface area contributed by atoms with E-state index in [1.807, 2.05) is 54.6 Å². The Morgan fingerprint density at radius 1 is 1.03 bits per heavy atom. The van der Waals surface area contributed by atoms with Crippen LogP contribution in [0.15, 0.2) is 54.6 Å². The third-order valence-corrected chi connectivity index (χ3v) is 5.05. The number of rotatable bonds is 8. The Hall–Kier alpha value is -2.86. The zero-order chi connectivity index (χ0) is 20.5. The maximum absolute atomic E-state index is 12.3. The van der Waals surface area contributed by atoms with Crippen LogP contribution in [0.25, 0.3) is 0 Å². The monoisotopic (exact) mass is 395 g/mol. The molecule has 0 aliphatic carbocycles. The number of morpholine rings is 1. The maximum Gasteiger partial charge on any atom is 0.223 e. The molecule has 1 N–H and O–H groups in total. The minimum Gasteiger partial charge on any atom is -0.378 e. The third-order valence-electron chi connectivity index (χ3n) is 5.05. The quantitative estimate of drug-likeness (QED) is 0.746. The number of carbonyl (C=O) groups is 2. The lowest BCUT2D eigenvalue weighted by Gasteiger charge is -2.33. The summed E-state index contributed by atoms with van der Waals surface area (Å²) in [6, 6.07) is 17.9. The summed E-state index contributed by atoms with van der Waals surface area (Å²) in [4.78, 5) is 28.6. The molecule has 0 unspecified atom stereocenters. The molecule has 0 saturated carbocycles. The molecule has 0 aromatic heterocycles. The second-order valence-electron chi connectivity index (χ2n) is 7.09. The van der Waals surface area contributed by atoms with Crippen LogP contribution in [0.1, 0.15) is 18.9 Å². The van der Waals surface area contributed by atoms with Crippen LogP contribution in [-0.4, -0.2) is 51.2 Å². The molecule has 2 aromatic rings. The number of anilines is 2. The smallest absolute Gasteiger partial charge is 0.223 e. The molecule has 154 valence electrons. The molecule has 1 saturated heterocycles. The summed E-state index contributed by atoms with van der Waals surface area (Å²) in [5.41, 5.74) is 3.05. The van der Waals surface area contributed by atoms with Gasteiger partial charge in [-0.25, -0.2) is 0 Å². The van der Waals surface area contributed by atoms with Gasteiger partial charge in [-0.05, 0) is 24.1 Å². The molecular formula is C23H29N3O3. The molecule has 6 heteroatoms. The average molecular weight is 396 g/mol. The van der Waals surface area contributed by atoms with Gasteiger partial charge in [0.05, 0.1) is 24.6 Å². The summed E-state index contributed by atoms with van der Waals surface area (Å²) in [5.74, 6) is -0.112. The van der Waals surface area contributed by atoms with E-state index in [2.05, 4.69) is 10.2 Å². The van der Waals surface area contributed by atoms with E-state index in [4.69, 9.17) is 4.74 Å². The van der Waals surface area contributed by atoms with Crippen molar-refractivity contribution in [3.05, 3.63) is 60.2 Å². The van der Waals surface area contributed by atoms with Crippen LogP contribution in [-0.2, 0) is 20.7 Å². The molecular weight excluding hydrogens is 366 g/mol. The van der Waals surface area contributed by atoms with Crippen molar-refractivity contribution in [2.45, 2.75) is 19.8 Å². The van der Waals surface area contributed by atoms with E-state index < -0.39 is 0 Å². The molecule has 2 aromatic carbocycles. The number of carbonyl (C=O) groups excluding carboxylic acids is 2.